The lowest BCUT2D eigenvalue weighted by Crippen LogP contribution is -2.62. The molecule has 1 spiro atoms. The molecular weight excluding hydrogens is 491 g/mol. The van der Waals surface area contributed by atoms with E-state index in [-0.39, 0.29) is 28.8 Å². The number of nitrogens with one attached hydrogen (secondary N) is 1. The van der Waals surface area contributed by atoms with Crippen molar-refractivity contribution in [3.8, 4) is 5.69 Å². The number of benzene rings is 2. The maximum Gasteiger partial charge on any atom is 0.152 e. The van der Waals surface area contributed by atoms with E-state index in [1.54, 1.807) is 18.5 Å². The van der Waals surface area contributed by atoms with Crippen molar-refractivity contribution >= 4 is 21.7 Å². The van der Waals surface area contributed by atoms with Crippen LogP contribution in [-0.2, 0) is 22.7 Å². The molecule has 3 aromatic rings. The van der Waals surface area contributed by atoms with Crippen molar-refractivity contribution in [3.05, 3.63) is 82.2 Å². The third-order valence-electron chi connectivity index (χ3n) is 8.03. The van der Waals surface area contributed by atoms with Crippen molar-refractivity contribution in [2.45, 2.75) is 32.2 Å². The number of rotatable bonds is 3. The summed E-state index contributed by atoms with van der Waals surface area (Å²) in [5, 5.41) is 9.18. The highest BCUT2D eigenvalue weighted by Gasteiger charge is 2.54. The van der Waals surface area contributed by atoms with Crippen molar-refractivity contribution in [1.29, 1.82) is 0 Å². The fourth-order valence-electron chi connectivity index (χ4n) is 6.40. The van der Waals surface area contributed by atoms with Crippen LogP contribution in [0.4, 0.5) is 4.39 Å². The molecule has 190 valence electrons. The molecule has 1 atom stereocenters. The van der Waals surface area contributed by atoms with Crippen LogP contribution in [0.2, 0.25) is 0 Å². The molecule has 10 heteroatoms. The molecule has 0 bridgehead atoms. The number of amidine groups is 1. The standard InChI is InChI=1S/C27H27FN6O2S/c1-17-29-16-34(32-17)24-9-4-19(22-7-8-23(22)24)10-20-11-27(14-37(35,36)15-27)13-33-25(12-30-31-26(20)33)18-2-5-21(28)6-3-18/h2-6,9-10,16,25,30H,7-8,11-15H2,1H3/b20-10+. The molecule has 0 saturated carbocycles. The summed E-state index contributed by atoms with van der Waals surface area (Å²) >= 11 is 0. The van der Waals surface area contributed by atoms with Gasteiger partial charge in [0.2, 0.25) is 0 Å². The number of piperidine rings is 1. The number of halogens is 1. The van der Waals surface area contributed by atoms with Gasteiger partial charge >= 0.3 is 0 Å². The van der Waals surface area contributed by atoms with Gasteiger partial charge in [-0.1, -0.05) is 18.2 Å². The molecule has 7 rings (SSSR count). The van der Waals surface area contributed by atoms with E-state index in [0.29, 0.717) is 19.5 Å². The lowest BCUT2D eigenvalue weighted by Gasteiger charge is -2.53. The number of aryl methyl sites for hydroxylation is 1. The van der Waals surface area contributed by atoms with E-state index < -0.39 is 9.84 Å². The van der Waals surface area contributed by atoms with Gasteiger partial charge in [-0.15, -0.1) is 0 Å². The maximum atomic E-state index is 13.6. The first-order chi connectivity index (χ1) is 17.8. The minimum Gasteiger partial charge on any atom is -0.345 e. The fourth-order valence-corrected chi connectivity index (χ4v) is 8.57. The van der Waals surface area contributed by atoms with Crippen LogP contribution in [0.1, 0.15) is 40.5 Å². The quantitative estimate of drug-likeness (QED) is 0.573. The molecule has 0 radical (unpaired) electrons. The predicted octanol–water partition coefficient (Wildman–Crippen LogP) is 2.98. The number of nitrogens with zero attached hydrogens (tertiary/aromatic N) is 5. The molecule has 2 saturated heterocycles. The average Bonchev–Trinajstić information content (AvgIpc) is 3.25. The van der Waals surface area contributed by atoms with Crippen molar-refractivity contribution in [2.24, 2.45) is 10.5 Å². The highest BCUT2D eigenvalue weighted by Crippen LogP contribution is 2.47. The number of sulfone groups is 1. The van der Waals surface area contributed by atoms with Gasteiger partial charge < -0.3 is 10.3 Å². The molecule has 1 aromatic heterocycles. The van der Waals surface area contributed by atoms with E-state index in [1.165, 1.54) is 23.3 Å². The predicted molar refractivity (Wildman–Crippen MR) is 138 cm³/mol. The van der Waals surface area contributed by atoms with Crippen LogP contribution in [-0.4, -0.2) is 58.5 Å². The molecular formula is C27H27FN6O2S. The molecule has 0 amide bonds. The van der Waals surface area contributed by atoms with Gasteiger partial charge in [0.1, 0.15) is 18.0 Å². The van der Waals surface area contributed by atoms with Crippen molar-refractivity contribution in [3.63, 3.8) is 0 Å². The van der Waals surface area contributed by atoms with Gasteiger partial charge in [-0.2, -0.15) is 10.2 Å². The average molecular weight is 519 g/mol. The summed E-state index contributed by atoms with van der Waals surface area (Å²) in [6.07, 6.45) is 6.59. The summed E-state index contributed by atoms with van der Waals surface area (Å²) in [4.78, 5) is 6.50. The third kappa shape index (κ3) is 3.77. The van der Waals surface area contributed by atoms with Gasteiger partial charge in [-0.05, 0) is 78.3 Å². The van der Waals surface area contributed by atoms with Gasteiger partial charge in [0, 0.05) is 12.0 Å². The Labute approximate surface area is 214 Å². The first-order valence-corrected chi connectivity index (χ1v) is 14.4. The normalized spacial score (nSPS) is 23.9. The summed E-state index contributed by atoms with van der Waals surface area (Å²) in [6, 6.07) is 10.7. The topological polar surface area (TPSA) is 92.5 Å². The van der Waals surface area contributed by atoms with Crippen molar-refractivity contribution < 1.29 is 12.8 Å². The summed E-state index contributed by atoms with van der Waals surface area (Å²) in [5.41, 5.74) is 9.66. The van der Waals surface area contributed by atoms with Crippen LogP contribution in [0.5, 0.6) is 0 Å². The zero-order valence-corrected chi connectivity index (χ0v) is 21.3. The zero-order valence-electron chi connectivity index (χ0n) is 20.5. The number of aromatic nitrogens is 3. The molecule has 8 nitrogen and oxygen atoms in total. The lowest BCUT2D eigenvalue weighted by atomic mass is 9.77. The maximum absolute atomic E-state index is 13.6. The first kappa shape index (κ1) is 22.7. The molecule has 1 N–H and O–H groups in total. The van der Waals surface area contributed by atoms with Crippen LogP contribution in [0.3, 0.4) is 0 Å². The van der Waals surface area contributed by atoms with Gasteiger partial charge in [-0.3, -0.25) is 0 Å². The Balaban J connectivity index is 1.29. The van der Waals surface area contributed by atoms with Crippen LogP contribution in [0.25, 0.3) is 11.8 Å². The van der Waals surface area contributed by atoms with Crippen LogP contribution in [0, 0.1) is 18.2 Å². The summed E-state index contributed by atoms with van der Waals surface area (Å²) in [6.45, 7) is 3.08. The van der Waals surface area contributed by atoms with Gasteiger partial charge in [-0.25, -0.2) is 22.5 Å². The number of fused-ring (bicyclic) bond motifs is 2. The largest absolute Gasteiger partial charge is 0.345 e. The highest BCUT2D eigenvalue weighted by atomic mass is 32.2. The second kappa shape index (κ2) is 7.98. The summed E-state index contributed by atoms with van der Waals surface area (Å²) in [5.74, 6) is 1.69. The fraction of sp³-hybridized carbons (Fsp3) is 0.370. The Bertz CT molecular complexity index is 1580. The first-order valence-electron chi connectivity index (χ1n) is 12.6. The van der Waals surface area contributed by atoms with Gasteiger partial charge in [0.25, 0.3) is 0 Å². The van der Waals surface area contributed by atoms with Crippen LogP contribution >= 0.6 is 0 Å². The van der Waals surface area contributed by atoms with E-state index in [1.807, 2.05) is 11.6 Å². The Morgan fingerprint density at radius 3 is 2.57 bits per heavy atom. The Morgan fingerprint density at radius 1 is 1.11 bits per heavy atom. The molecule has 2 fully saturated rings. The smallest absolute Gasteiger partial charge is 0.152 e. The van der Waals surface area contributed by atoms with Crippen LogP contribution in [0.15, 0.2) is 53.4 Å². The summed E-state index contributed by atoms with van der Waals surface area (Å²) in [7, 11) is -3.02. The molecule has 4 heterocycles. The molecule has 37 heavy (non-hydrogen) atoms. The second-order valence-electron chi connectivity index (χ2n) is 10.7. The Hall–Kier alpha value is -3.53. The van der Waals surface area contributed by atoms with Gasteiger partial charge in [0.05, 0.1) is 29.8 Å². The second-order valence-corrected chi connectivity index (χ2v) is 12.8. The van der Waals surface area contributed by atoms with E-state index in [0.717, 1.165) is 46.9 Å². The van der Waals surface area contributed by atoms with Crippen molar-refractivity contribution in [1.82, 2.24) is 25.1 Å². The Kier molecular flexibility index (Phi) is 4.89. The number of hydrogen-bond donors (Lipinski definition) is 1. The SMILES string of the molecule is Cc1ncn(-c2ccc(/C=C3\CC4(CN5C3=NNCC5c3ccc(F)cc3)CS(=O)(=O)C4)c3c2CC3)n1. The molecule has 3 aliphatic heterocycles. The van der Waals surface area contributed by atoms with E-state index >= 15 is 0 Å². The zero-order chi connectivity index (χ0) is 25.4. The van der Waals surface area contributed by atoms with E-state index in [9.17, 15) is 12.8 Å². The van der Waals surface area contributed by atoms with Crippen molar-refractivity contribution in [2.75, 3.05) is 24.6 Å². The summed E-state index contributed by atoms with van der Waals surface area (Å²) < 4.78 is 40.1. The van der Waals surface area contributed by atoms with E-state index in [2.05, 4.69) is 38.6 Å². The highest BCUT2D eigenvalue weighted by molar-refractivity contribution is 7.92. The molecule has 4 aliphatic rings. The van der Waals surface area contributed by atoms with E-state index in [4.69, 9.17) is 5.10 Å². The molecule has 2 aromatic carbocycles. The van der Waals surface area contributed by atoms with Gasteiger partial charge in [0.15, 0.2) is 15.7 Å². The number of hydrogen-bond acceptors (Lipinski definition) is 7. The number of hydrazone groups is 1. The minimum atomic E-state index is -3.02. The lowest BCUT2D eigenvalue weighted by molar-refractivity contribution is 0.166. The third-order valence-corrected chi connectivity index (χ3v) is 10.1. The monoisotopic (exact) mass is 518 g/mol. The molecule has 1 aliphatic carbocycles. The molecule has 1 unspecified atom stereocenters. The minimum absolute atomic E-state index is 0.0575. The Morgan fingerprint density at radius 2 is 1.89 bits per heavy atom. The van der Waals surface area contributed by atoms with Crippen LogP contribution < -0.4 is 5.43 Å².